The third kappa shape index (κ3) is 3.58. The van der Waals surface area contributed by atoms with Crippen molar-refractivity contribution in [3.63, 3.8) is 0 Å². The molecule has 4 aromatic rings. The lowest BCUT2D eigenvalue weighted by Crippen LogP contribution is -2.17. The minimum Gasteiger partial charge on any atom is -0.353 e. The van der Waals surface area contributed by atoms with E-state index in [-0.39, 0.29) is 12.3 Å². The van der Waals surface area contributed by atoms with Crippen LogP contribution in [0.3, 0.4) is 0 Å². The number of aromatic amines is 1. The Hall–Kier alpha value is -4.19. The lowest BCUT2D eigenvalue weighted by Gasteiger charge is -2.10. The number of fused-ring (bicyclic) bond motifs is 3. The number of hydrogen-bond acceptors (Lipinski definition) is 4. The van der Waals surface area contributed by atoms with E-state index >= 15 is 0 Å². The number of para-hydroxylation sites is 4. The minimum atomic E-state index is -0.0467. The van der Waals surface area contributed by atoms with Gasteiger partial charge in [-0.3, -0.25) is 4.79 Å². The number of nitrogens with zero attached hydrogens (tertiary/aromatic N) is 1. The van der Waals surface area contributed by atoms with Crippen molar-refractivity contribution >= 4 is 34.6 Å². The Morgan fingerprint density at radius 2 is 1.53 bits per heavy atom. The number of aromatic nitrogens is 2. The molecule has 0 unspecified atom stereocenters. The highest BCUT2D eigenvalue weighted by Gasteiger charge is 2.24. The van der Waals surface area contributed by atoms with Gasteiger partial charge in [0.25, 0.3) is 0 Å². The number of carbonyl (C=O) groups is 1. The van der Waals surface area contributed by atoms with Gasteiger partial charge in [-0.05, 0) is 36.4 Å². The number of rotatable bonds is 4. The number of nitrogens with one attached hydrogen (secondary N) is 4. The number of amides is 1. The highest BCUT2D eigenvalue weighted by Crippen LogP contribution is 2.33. The molecule has 1 aliphatic heterocycles. The van der Waals surface area contributed by atoms with Gasteiger partial charge in [-0.15, -0.1) is 0 Å². The van der Waals surface area contributed by atoms with Crippen LogP contribution in [0.5, 0.6) is 0 Å². The summed E-state index contributed by atoms with van der Waals surface area (Å²) in [6.45, 7) is 0. The fourth-order valence-electron chi connectivity index (χ4n) is 3.54. The third-order valence-corrected chi connectivity index (χ3v) is 4.95. The molecule has 0 bridgehead atoms. The Bertz CT molecular complexity index is 1220. The molecule has 3 aromatic carbocycles. The fraction of sp³-hybridized carbons (Fsp3) is 0.0417. The van der Waals surface area contributed by atoms with Crippen LogP contribution in [0, 0.1) is 0 Å². The van der Waals surface area contributed by atoms with E-state index in [9.17, 15) is 4.79 Å². The third-order valence-electron chi connectivity index (χ3n) is 4.95. The van der Waals surface area contributed by atoms with Crippen LogP contribution in [0.2, 0.25) is 0 Å². The molecule has 1 aliphatic rings. The first-order valence-electron chi connectivity index (χ1n) is 9.75. The summed E-state index contributed by atoms with van der Waals surface area (Å²) in [4.78, 5) is 20.2. The van der Waals surface area contributed by atoms with Crippen molar-refractivity contribution in [2.75, 3.05) is 16.0 Å². The average molecular weight is 394 g/mol. The summed E-state index contributed by atoms with van der Waals surface area (Å²) in [6.07, 6.45) is 2.12. The molecule has 4 N–H and O–H groups in total. The van der Waals surface area contributed by atoms with Crippen LogP contribution in [0.15, 0.2) is 85.1 Å². The Balaban J connectivity index is 1.50. The first-order valence-corrected chi connectivity index (χ1v) is 9.75. The van der Waals surface area contributed by atoms with Gasteiger partial charge in [0.1, 0.15) is 5.69 Å². The van der Waals surface area contributed by atoms with E-state index in [1.807, 2.05) is 85.1 Å². The molecular formula is C24H20N5O+. The number of benzene rings is 3. The molecule has 0 radical (unpaired) electrons. The molecular weight excluding hydrogens is 374 g/mol. The normalized spacial score (nSPS) is 12.2. The summed E-state index contributed by atoms with van der Waals surface area (Å²) in [6, 6.07) is 25.7. The second-order valence-electron chi connectivity index (χ2n) is 7.06. The monoisotopic (exact) mass is 394 g/mol. The maximum atomic E-state index is 12.2. The second-order valence-corrected chi connectivity index (χ2v) is 7.06. The molecule has 0 atom stereocenters. The molecule has 5 rings (SSSR count). The summed E-state index contributed by atoms with van der Waals surface area (Å²) >= 11 is 0. The van der Waals surface area contributed by atoms with Gasteiger partial charge in [0.2, 0.25) is 5.91 Å². The van der Waals surface area contributed by atoms with Crippen LogP contribution < -0.4 is 20.9 Å². The van der Waals surface area contributed by atoms with Crippen LogP contribution in [0.25, 0.3) is 11.3 Å². The Kier molecular flexibility index (Phi) is 4.57. The zero-order valence-corrected chi connectivity index (χ0v) is 16.1. The van der Waals surface area contributed by atoms with Crippen molar-refractivity contribution in [2.45, 2.75) is 6.42 Å². The summed E-state index contributed by atoms with van der Waals surface area (Å²) in [5.74, 6) is 0.551. The zero-order chi connectivity index (χ0) is 20.3. The zero-order valence-electron chi connectivity index (χ0n) is 16.1. The Morgan fingerprint density at radius 1 is 0.833 bits per heavy atom. The van der Waals surface area contributed by atoms with E-state index in [0.717, 1.165) is 39.6 Å². The van der Waals surface area contributed by atoms with Gasteiger partial charge in [0.05, 0.1) is 24.0 Å². The summed E-state index contributed by atoms with van der Waals surface area (Å²) in [5.41, 5.74) is 6.16. The van der Waals surface area contributed by atoms with Gasteiger partial charge >= 0.3 is 5.95 Å². The topological polar surface area (TPSA) is 80.2 Å². The van der Waals surface area contributed by atoms with Crippen molar-refractivity contribution in [2.24, 2.45) is 0 Å². The summed E-state index contributed by atoms with van der Waals surface area (Å²) in [7, 11) is 0. The molecule has 6 heteroatoms. The van der Waals surface area contributed by atoms with Gasteiger partial charge < -0.3 is 10.6 Å². The highest BCUT2D eigenvalue weighted by atomic mass is 16.1. The van der Waals surface area contributed by atoms with Gasteiger partial charge in [-0.25, -0.2) is 10.3 Å². The molecule has 0 saturated heterocycles. The van der Waals surface area contributed by atoms with Crippen LogP contribution in [-0.4, -0.2) is 10.9 Å². The molecule has 6 nitrogen and oxygen atoms in total. The number of hydrogen-bond donors (Lipinski definition) is 3. The maximum Gasteiger partial charge on any atom is 0.394 e. The van der Waals surface area contributed by atoms with Crippen molar-refractivity contribution in [3.05, 3.63) is 90.6 Å². The predicted molar refractivity (Wildman–Crippen MR) is 118 cm³/mol. The molecule has 146 valence electrons. The second kappa shape index (κ2) is 7.67. The Labute approximate surface area is 174 Å². The van der Waals surface area contributed by atoms with Crippen LogP contribution in [0.1, 0.15) is 5.56 Å². The SMILES string of the molecule is O=C1Cc2c[nH+]c(Nc3ccccc3Nc3ccccc3)nc2-c2ccccc2N1. The lowest BCUT2D eigenvalue weighted by molar-refractivity contribution is -0.365. The molecule has 0 spiro atoms. The predicted octanol–water partition coefficient (Wildman–Crippen LogP) is 4.54. The van der Waals surface area contributed by atoms with E-state index in [4.69, 9.17) is 4.98 Å². The molecule has 2 heterocycles. The molecule has 0 saturated carbocycles. The van der Waals surface area contributed by atoms with Crippen molar-refractivity contribution in [3.8, 4) is 11.3 Å². The number of anilines is 5. The largest absolute Gasteiger partial charge is 0.394 e. The molecule has 0 fully saturated rings. The van der Waals surface area contributed by atoms with Gasteiger partial charge in [0.15, 0.2) is 5.69 Å². The van der Waals surface area contributed by atoms with E-state index in [2.05, 4.69) is 20.9 Å². The van der Waals surface area contributed by atoms with Crippen molar-refractivity contribution in [1.29, 1.82) is 0 Å². The first kappa shape index (κ1) is 17.9. The lowest BCUT2D eigenvalue weighted by atomic mass is 10.1. The number of carbonyl (C=O) groups excluding carboxylic acids is 1. The highest BCUT2D eigenvalue weighted by molar-refractivity contribution is 5.99. The van der Waals surface area contributed by atoms with Gasteiger partial charge in [-0.1, -0.05) is 47.4 Å². The molecule has 30 heavy (non-hydrogen) atoms. The minimum absolute atomic E-state index is 0.0467. The number of H-pyrrole nitrogens is 1. The first-order chi connectivity index (χ1) is 14.8. The van der Waals surface area contributed by atoms with E-state index in [1.54, 1.807) is 0 Å². The van der Waals surface area contributed by atoms with Crippen molar-refractivity contribution in [1.82, 2.24) is 4.98 Å². The van der Waals surface area contributed by atoms with E-state index in [1.165, 1.54) is 0 Å². The summed E-state index contributed by atoms with van der Waals surface area (Å²) in [5, 5.41) is 9.75. The van der Waals surface area contributed by atoms with E-state index in [0.29, 0.717) is 5.95 Å². The molecule has 1 amide bonds. The average Bonchev–Trinajstić information content (AvgIpc) is 2.91. The Morgan fingerprint density at radius 3 is 2.37 bits per heavy atom. The fourth-order valence-corrected chi connectivity index (χ4v) is 3.54. The maximum absolute atomic E-state index is 12.2. The molecule has 0 aliphatic carbocycles. The van der Waals surface area contributed by atoms with Crippen LogP contribution in [0.4, 0.5) is 28.7 Å². The smallest absolute Gasteiger partial charge is 0.353 e. The molecule has 1 aromatic heterocycles. The van der Waals surface area contributed by atoms with Crippen molar-refractivity contribution < 1.29 is 9.78 Å². The summed E-state index contributed by atoms with van der Waals surface area (Å²) < 4.78 is 0. The quantitative estimate of drug-likeness (QED) is 0.475. The van der Waals surface area contributed by atoms with Gasteiger partial charge in [0, 0.05) is 16.8 Å². The van der Waals surface area contributed by atoms with Crippen LogP contribution >= 0.6 is 0 Å². The van der Waals surface area contributed by atoms with Crippen LogP contribution in [-0.2, 0) is 11.2 Å². The van der Waals surface area contributed by atoms with E-state index < -0.39 is 0 Å². The van der Waals surface area contributed by atoms with Gasteiger partial charge in [-0.2, -0.15) is 0 Å². The standard InChI is InChI=1S/C24H19N5O/c30-22-14-16-15-25-24(29-23(16)18-10-4-5-11-19(18)27-22)28-21-13-7-6-12-20(21)26-17-8-2-1-3-9-17/h1-13,15,26H,14H2,(H,27,30)(H,25,28,29)/p+1.